The average Bonchev–Trinajstić information content (AvgIpc) is 2.00. The first-order valence-corrected chi connectivity index (χ1v) is 3.63. The summed E-state index contributed by atoms with van der Waals surface area (Å²) in [6.07, 6.45) is 0. The standard InChI is InChI=1S/C9H11NO2.Ni/c1-5-3-4-7(9(11)12)8(10)6(5)2;/h3-4H,10H2,1-2H3,(H,11,12);. The molecule has 0 aliphatic rings. The monoisotopic (exact) mass is 223 g/mol. The van der Waals surface area contributed by atoms with Gasteiger partial charge in [0.1, 0.15) is 0 Å². The molecule has 1 rings (SSSR count). The number of carbonyl (C=O) groups is 1. The molecule has 0 amide bonds. The summed E-state index contributed by atoms with van der Waals surface area (Å²) in [6.45, 7) is 3.72. The van der Waals surface area contributed by atoms with E-state index in [2.05, 4.69) is 0 Å². The van der Waals surface area contributed by atoms with E-state index in [4.69, 9.17) is 10.8 Å². The van der Waals surface area contributed by atoms with E-state index in [1.54, 1.807) is 6.07 Å². The molecule has 0 atom stereocenters. The molecule has 0 saturated carbocycles. The van der Waals surface area contributed by atoms with Crippen LogP contribution in [-0.2, 0) is 16.5 Å². The minimum atomic E-state index is -0.976. The van der Waals surface area contributed by atoms with Crippen molar-refractivity contribution in [1.29, 1.82) is 0 Å². The van der Waals surface area contributed by atoms with Crippen molar-refractivity contribution in [3.05, 3.63) is 28.8 Å². The van der Waals surface area contributed by atoms with Gasteiger partial charge in [-0.25, -0.2) is 4.79 Å². The van der Waals surface area contributed by atoms with Gasteiger partial charge in [0.15, 0.2) is 0 Å². The first kappa shape index (κ1) is 12.0. The van der Waals surface area contributed by atoms with E-state index in [0.29, 0.717) is 5.69 Å². The Bertz CT molecular complexity index is 337. The number of nitrogen functional groups attached to an aromatic ring is 1. The molecule has 0 saturated heterocycles. The van der Waals surface area contributed by atoms with E-state index in [-0.39, 0.29) is 22.1 Å². The maximum atomic E-state index is 10.6. The van der Waals surface area contributed by atoms with Gasteiger partial charge in [-0.05, 0) is 31.0 Å². The van der Waals surface area contributed by atoms with Gasteiger partial charge in [-0.15, -0.1) is 0 Å². The number of carboxylic acid groups (broad SMARTS) is 1. The molecule has 74 valence electrons. The molecule has 1 aromatic carbocycles. The van der Waals surface area contributed by atoms with Crippen molar-refractivity contribution < 1.29 is 26.4 Å². The fourth-order valence-electron chi connectivity index (χ4n) is 1.02. The predicted molar refractivity (Wildman–Crippen MR) is 47.3 cm³/mol. The maximum Gasteiger partial charge on any atom is 0.337 e. The van der Waals surface area contributed by atoms with Crippen LogP contribution >= 0.6 is 0 Å². The van der Waals surface area contributed by atoms with Crippen molar-refractivity contribution in [1.82, 2.24) is 0 Å². The average molecular weight is 224 g/mol. The summed E-state index contributed by atoms with van der Waals surface area (Å²) in [6, 6.07) is 3.29. The van der Waals surface area contributed by atoms with Crippen molar-refractivity contribution in [2.45, 2.75) is 13.8 Å². The Morgan fingerprint density at radius 3 is 2.38 bits per heavy atom. The van der Waals surface area contributed by atoms with Crippen LogP contribution in [-0.4, -0.2) is 11.1 Å². The minimum absolute atomic E-state index is 0. The Morgan fingerprint density at radius 1 is 1.38 bits per heavy atom. The fraction of sp³-hybridized carbons (Fsp3) is 0.222. The Kier molecular flexibility index (Phi) is 3.95. The van der Waals surface area contributed by atoms with Gasteiger partial charge >= 0.3 is 5.97 Å². The second-order valence-electron chi connectivity index (χ2n) is 2.77. The molecule has 13 heavy (non-hydrogen) atoms. The molecule has 0 aliphatic carbocycles. The van der Waals surface area contributed by atoms with Crippen molar-refractivity contribution in [3.63, 3.8) is 0 Å². The van der Waals surface area contributed by atoms with Gasteiger partial charge in [0, 0.05) is 22.2 Å². The molecule has 4 heteroatoms. The smallest absolute Gasteiger partial charge is 0.337 e. The van der Waals surface area contributed by atoms with Crippen molar-refractivity contribution in [2.24, 2.45) is 0 Å². The number of anilines is 1. The normalized spacial score (nSPS) is 9.08. The number of nitrogens with two attached hydrogens (primary N) is 1. The molecule has 0 bridgehead atoms. The number of benzene rings is 1. The van der Waals surface area contributed by atoms with E-state index < -0.39 is 5.97 Å². The maximum absolute atomic E-state index is 10.6. The van der Waals surface area contributed by atoms with Crippen LogP contribution in [0.15, 0.2) is 12.1 Å². The van der Waals surface area contributed by atoms with E-state index >= 15 is 0 Å². The molecule has 0 unspecified atom stereocenters. The number of rotatable bonds is 1. The number of carboxylic acids is 1. The number of aromatic carboxylic acids is 1. The molecular weight excluding hydrogens is 213 g/mol. The van der Waals surface area contributed by atoms with Gasteiger partial charge in [-0.2, -0.15) is 0 Å². The van der Waals surface area contributed by atoms with Gasteiger partial charge in [0.25, 0.3) is 0 Å². The summed E-state index contributed by atoms with van der Waals surface area (Å²) in [4.78, 5) is 10.6. The van der Waals surface area contributed by atoms with E-state index in [1.165, 1.54) is 6.07 Å². The van der Waals surface area contributed by atoms with Gasteiger partial charge in [0.05, 0.1) is 5.56 Å². The second kappa shape index (κ2) is 4.29. The van der Waals surface area contributed by atoms with Crippen molar-refractivity contribution in [3.8, 4) is 0 Å². The van der Waals surface area contributed by atoms with Crippen LogP contribution in [0.3, 0.4) is 0 Å². The topological polar surface area (TPSA) is 63.3 Å². The summed E-state index contributed by atoms with van der Waals surface area (Å²) in [5.41, 5.74) is 8.00. The zero-order valence-corrected chi connectivity index (χ0v) is 8.39. The SMILES string of the molecule is Cc1ccc(C(=O)O)c(N)c1C.[Ni]. The molecular formula is C9H11NNiO2. The second-order valence-corrected chi connectivity index (χ2v) is 2.77. The Labute approximate surface area is 86.9 Å². The molecule has 0 aromatic heterocycles. The number of hydrogen-bond donors (Lipinski definition) is 2. The quantitative estimate of drug-likeness (QED) is 0.562. The van der Waals surface area contributed by atoms with E-state index in [1.807, 2.05) is 13.8 Å². The summed E-state index contributed by atoms with van der Waals surface area (Å²) < 4.78 is 0. The molecule has 0 heterocycles. The van der Waals surface area contributed by atoms with Crippen LogP contribution in [0.25, 0.3) is 0 Å². The molecule has 0 fully saturated rings. The van der Waals surface area contributed by atoms with Crippen LogP contribution in [0, 0.1) is 13.8 Å². The number of hydrogen-bond acceptors (Lipinski definition) is 2. The molecule has 1 aromatic rings. The van der Waals surface area contributed by atoms with Crippen molar-refractivity contribution >= 4 is 11.7 Å². The van der Waals surface area contributed by atoms with Crippen molar-refractivity contribution in [2.75, 3.05) is 5.73 Å². The molecule has 0 spiro atoms. The fourth-order valence-corrected chi connectivity index (χ4v) is 1.02. The summed E-state index contributed by atoms with van der Waals surface area (Å²) in [5.74, 6) is -0.976. The van der Waals surface area contributed by atoms with Gasteiger partial charge in [0.2, 0.25) is 0 Å². The zero-order chi connectivity index (χ0) is 9.30. The van der Waals surface area contributed by atoms with Crippen LogP contribution in [0.1, 0.15) is 21.5 Å². The number of aryl methyl sites for hydroxylation is 1. The first-order valence-electron chi connectivity index (χ1n) is 3.63. The third-order valence-electron chi connectivity index (χ3n) is 2.02. The van der Waals surface area contributed by atoms with Gasteiger partial charge < -0.3 is 10.8 Å². The molecule has 0 aliphatic heterocycles. The molecule has 3 N–H and O–H groups in total. The molecule has 0 radical (unpaired) electrons. The minimum Gasteiger partial charge on any atom is -0.478 e. The zero-order valence-electron chi connectivity index (χ0n) is 7.40. The summed E-state index contributed by atoms with van der Waals surface area (Å²) in [7, 11) is 0. The van der Waals surface area contributed by atoms with E-state index in [9.17, 15) is 4.79 Å². The van der Waals surface area contributed by atoms with Crippen LogP contribution < -0.4 is 5.73 Å². The summed E-state index contributed by atoms with van der Waals surface area (Å²) in [5, 5.41) is 8.70. The Hall–Kier alpha value is -1.02. The van der Waals surface area contributed by atoms with Gasteiger partial charge in [-0.1, -0.05) is 6.07 Å². The molecule has 3 nitrogen and oxygen atoms in total. The third kappa shape index (κ3) is 2.22. The Morgan fingerprint density at radius 2 is 1.92 bits per heavy atom. The van der Waals surface area contributed by atoms with Crippen LogP contribution in [0.5, 0.6) is 0 Å². The van der Waals surface area contributed by atoms with Gasteiger partial charge in [-0.3, -0.25) is 0 Å². The van der Waals surface area contributed by atoms with E-state index in [0.717, 1.165) is 11.1 Å². The van der Waals surface area contributed by atoms with Crippen LogP contribution in [0.4, 0.5) is 5.69 Å². The Balaban J connectivity index is 0.00000144. The first-order chi connectivity index (χ1) is 5.54. The predicted octanol–water partition coefficient (Wildman–Crippen LogP) is 1.58. The summed E-state index contributed by atoms with van der Waals surface area (Å²) >= 11 is 0. The largest absolute Gasteiger partial charge is 0.478 e. The third-order valence-corrected chi connectivity index (χ3v) is 2.02. The van der Waals surface area contributed by atoms with Crippen LogP contribution in [0.2, 0.25) is 0 Å².